The molecule has 0 unspecified atom stereocenters. The Morgan fingerprint density at radius 1 is 1.10 bits per heavy atom. The van der Waals surface area contributed by atoms with Gasteiger partial charge < -0.3 is 4.90 Å². The van der Waals surface area contributed by atoms with Gasteiger partial charge in [0.05, 0.1) is 16.8 Å². The highest BCUT2D eigenvalue weighted by Gasteiger charge is 2.26. The van der Waals surface area contributed by atoms with E-state index in [2.05, 4.69) is 27.0 Å². The van der Waals surface area contributed by atoms with Crippen molar-refractivity contribution in [1.29, 1.82) is 5.26 Å². The predicted molar refractivity (Wildman–Crippen MR) is 112 cm³/mol. The Bertz CT molecular complexity index is 1290. The third-order valence-corrected chi connectivity index (χ3v) is 5.48. The number of aryl methyl sites for hydroxylation is 1. The zero-order chi connectivity index (χ0) is 20.0. The Kier molecular flexibility index (Phi) is 3.99. The van der Waals surface area contributed by atoms with Crippen molar-refractivity contribution in [2.45, 2.75) is 13.3 Å². The molecule has 1 aliphatic rings. The van der Waals surface area contributed by atoms with Gasteiger partial charge in [0.1, 0.15) is 11.9 Å². The summed E-state index contributed by atoms with van der Waals surface area (Å²) in [6, 6.07) is 15.7. The SMILES string of the molecule is Cc1cc2c(cc1F)CCN2c1c(C#N)cnc2ccc(-c3cccnc3)cc12. The van der Waals surface area contributed by atoms with Crippen LogP contribution in [0.1, 0.15) is 16.7 Å². The number of nitriles is 1. The van der Waals surface area contributed by atoms with Crippen LogP contribution in [0.4, 0.5) is 15.8 Å². The topological polar surface area (TPSA) is 52.8 Å². The fourth-order valence-corrected chi connectivity index (χ4v) is 4.01. The smallest absolute Gasteiger partial charge is 0.126 e. The highest BCUT2D eigenvalue weighted by Crippen LogP contribution is 2.41. The molecule has 0 N–H and O–H groups in total. The summed E-state index contributed by atoms with van der Waals surface area (Å²) in [6.45, 7) is 2.46. The predicted octanol–water partition coefficient (Wildman–Crippen LogP) is 5.31. The van der Waals surface area contributed by atoms with E-state index in [9.17, 15) is 9.65 Å². The van der Waals surface area contributed by atoms with Crippen molar-refractivity contribution in [2.75, 3.05) is 11.4 Å². The Balaban J connectivity index is 1.76. The minimum Gasteiger partial charge on any atom is -0.339 e. The monoisotopic (exact) mass is 380 g/mol. The molecule has 0 aliphatic carbocycles. The van der Waals surface area contributed by atoms with Crippen LogP contribution in [0.5, 0.6) is 0 Å². The van der Waals surface area contributed by atoms with Gasteiger partial charge in [-0.2, -0.15) is 5.26 Å². The summed E-state index contributed by atoms with van der Waals surface area (Å²) in [5.74, 6) is -0.190. The first kappa shape index (κ1) is 17.3. The van der Waals surface area contributed by atoms with Crippen molar-refractivity contribution in [3.63, 3.8) is 0 Å². The number of pyridine rings is 2. The lowest BCUT2D eigenvalue weighted by Crippen LogP contribution is -2.15. The van der Waals surface area contributed by atoms with E-state index >= 15 is 0 Å². The largest absolute Gasteiger partial charge is 0.339 e. The molecule has 2 aromatic carbocycles. The Morgan fingerprint density at radius 3 is 2.79 bits per heavy atom. The average Bonchev–Trinajstić information content (AvgIpc) is 3.15. The van der Waals surface area contributed by atoms with Crippen molar-refractivity contribution < 1.29 is 4.39 Å². The van der Waals surface area contributed by atoms with E-state index in [4.69, 9.17) is 0 Å². The molecule has 2 aromatic heterocycles. The summed E-state index contributed by atoms with van der Waals surface area (Å²) < 4.78 is 14.1. The van der Waals surface area contributed by atoms with Gasteiger partial charge in [-0.3, -0.25) is 9.97 Å². The molecule has 29 heavy (non-hydrogen) atoms. The van der Waals surface area contributed by atoms with E-state index in [0.717, 1.165) is 45.4 Å². The number of aromatic nitrogens is 2. The highest BCUT2D eigenvalue weighted by molar-refractivity contribution is 5.99. The quantitative estimate of drug-likeness (QED) is 0.473. The van der Waals surface area contributed by atoms with Crippen LogP contribution in [-0.4, -0.2) is 16.5 Å². The third-order valence-electron chi connectivity index (χ3n) is 5.48. The Morgan fingerprint density at radius 2 is 2.00 bits per heavy atom. The number of anilines is 2. The molecule has 1 aliphatic heterocycles. The van der Waals surface area contributed by atoms with E-state index in [1.807, 2.05) is 36.5 Å². The molecule has 5 rings (SSSR count). The van der Waals surface area contributed by atoms with Crippen LogP contribution in [0.15, 0.2) is 61.1 Å². The van der Waals surface area contributed by atoms with Gasteiger partial charge in [-0.05, 0) is 60.4 Å². The molecule has 4 nitrogen and oxygen atoms in total. The second kappa shape index (κ2) is 6.68. The number of rotatable bonds is 2. The van der Waals surface area contributed by atoms with Crippen molar-refractivity contribution in [3.05, 3.63) is 83.6 Å². The first-order valence-electron chi connectivity index (χ1n) is 9.45. The van der Waals surface area contributed by atoms with E-state index < -0.39 is 0 Å². The average molecular weight is 380 g/mol. The van der Waals surface area contributed by atoms with Crippen molar-refractivity contribution >= 4 is 22.3 Å². The number of benzene rings is 2. The van der Waals surface area contributed by atoms with Crippen LogP contribution in [0.3, 0.4) is 0 Å². The summed E-state index contributed by atoms with van der Waals surface area (Å²) in [5.41, 5.74) is 6.69. The fraction of sp³-hybridized carbons (Fsp3) is 0.125. The van der Waals surface area contributed by atoms with Gasteiger partial charge in [0.2, 0.25) is 0 Å². The molecular formula is C24H17FN4. The lowest BCUT2D eigenvalue weighted by atomic mass is 10.0. The lowest BCUT2D eigenvalue weighted by molar-refractivity contribution is 0.617. The molecule has 0 saturated carbocycles. The number of hydrogen-bond acceptors (Lipinski definition) is 4. The van der Waals surface area contributed by atoms with Crippen LogP contribution in [0, 0.1) is 24.1 Å². The van der Waals surface area contributed by atoms with Crippen molar-refractivity contribution in [1.82, 2.24) is 9.97 Å². The second-order valence-electron chi connectivity index (χ2n) is 7.24. The van der Waals surface area contributed by atoms with Gasteiger partial charge in [0.15, 0.2) is 0 Å². The summed E-state index contributed by atoms with van der Waals surface area (Å²) in [4.78, 5) is 10.8. The van der Waals surface area contributed by atoms with Crippen molar-refractivity contribution in [3.8, 4) is 17.2 Å². The molecule has 140 valence electrons. The fourth-order valence-electron chi connectivity index (χ4n) is 4.01. The third kappa shape index (κ3) is 2.81. The van der Waals surface area contributed by atoms with Gasteiger partial charge in [0.25, 0.3) is 0 Å². The van der Waals surface area contributed by atoms with Crippen LogP contribution in [0.25, 0.3) is 22.0 Å². The van der Waals surface area contributed by atoms with E-state index in [-0.39, 0.29) is 5.82 Å². The maximum absolute atomic E-state index is 14.1. The first-order chi connectivity index (χ1) is 14.2. The normalized spacial score (nSPS) is 12.8. The zero-order valence-corrected chi connectivity index (χ0v) is 15.9. The van der Waals surface area contributed by atoms with Gasteiger partial charge in [-0.15, -0.1) is 0 Å². The summed E-state index contributed by atoms with van der Waals surface area (Å²) in [7, 11) is 0. The highest BCUT2D eigenvalue weighted by atomic mass is 19.1. The molecule has 0 amide bonds. The van der Waals surface area contributed by atoms with Crippen LogP contribution in [0.2, 0.25) is 0 Å². The van der Waals surface area contributed by atoms with Gasteiger partial charge in [-0.1, -0.05) is 12.1 Å². The molecular weight excluding hydrogens is 363 g/mol. The molecule has 0 fully saturated rings. The van der Waals surface area contributed by atoms with Gasteiger partial charge in [-0.25, -0.2) is 4.39 Å². The number of fused-ring (bicyclic) bond motifs is 2. The first-order valence-corrected chi connectivity index (χ1v) is 9.45. The molecule has 3 heterocycles. The van der Waals surface area contributed by atoms with E-state index in [1.54, 1.807) is 25.4 Å². The summed E-state index contributed by atoms with van der Waals surface area (Å²) in [5, 5.41) is 10.7. The standard InChI is InChI=1S/C24H17FN4/c1-15-9-23-17(11-21(15)25)6-8-29(23)24-19(12-26)14-28-22-5-4-16(10-20(22)24)18-3-2-7-27-13-18/h2-5,7,9-11,13-14H,6,8H2,1H3. The molecule has 0 spiro atoms. The van der Waals surface area contributed by atoms with Crippen LogP contribution >= 0.6 is 0 Å². The molecule has 4 aromatic rings. The van der Waals surface area contributed by atoms with Crippen molar-refractivity contribution in [2.24, 2.45) is 0 Å². The Hall–Kier alpha value is -3.78. The van der Waals surface area contributed by atoms with Crippen LogP contribution in [-0.2, 0) is 6.42 Å². The van der Waals surface area contributed by atoms with E-state index in [1.165, 1.54) is 0 Å². The molecule has 0 atom stereocenters. The number of hydrogen-bond donors (Lipinski definition) is 0. The molecule has 5 heteroatoms. The maximum Gasteiger partial charge on any atom is 0.126 e. The van der Waals surface area contributed by atoms with Gasteiger partial charge in [0, 0.05) is 41.8 Å². The van der Waals surface area contributed by atoms with E-state index in [0.29, 0.717) is 17.7 Å². The maximum atomic E-state index is 14.1. The van der Waals surface area contributed by atoms with Crippen LogP contribution < -0.4 is 4.90 Å². The minimum absolute atomic E-state index is 0.190. The van der Waals surface area contributed by atoms with Gasteiger partial charge >= 0.3 is 0 Å². The lowest BCUT2D eigenvalue weighted by Gasteiger charge is -2.23. The minimum atomic E-state index is -0.190. The second-order valence-corrected chi connectivity index (χ2v) is 7.24. The zero-order valence-electron chi connectivity index (χ0n) is 15.9. The summed E-state index contributed by atoms with van der Waals surface area (Å²) >= 11 is 0. The number of halogens is 1. The molecule has 0 saturated heterocycles. The summed E-state index contributed by atoms with van der Waals surface area (Å²) in [6.07, 6.45) is 5.92. The number of nitrogens with zero attached hydrogens (tertiary/aromatic N) is 4. The Labute approximate surface area is 167 Å². The molecule has 0 bridgehead atoms. The molecule has 0 radical (unpaired) electrons.